The maximum Gasteiger partial charge on any atom is 0.0439 e. The fourth-order valence-corrected chi connectivity index (χ4v) is 2.57. The molecule has 15 heavy (non-hydrogen) atoms. The Morgan fingerprint density at radius 3 is 2.80 bits per heavy atom. The van der Waals surface area contributed by atoms with Gasteiger partial charge in [-0.3, -0.25) is 0 Å². The van der Waals surface area contributed by atoms with E-state index < -0.39 is 0 Å². The number of nitrogens with zero attached hydrogens (tertiary/aromatic N) is 1. The highest BCUT2D eigenvalue weighted by molar-refractivity contribution is 7.13. The van der Waals surface area contributed by atoms with Crippen molar-refractivity contribution in [3.05, 3.63) is 40.2 Å². The number of hydrogen-bond acceptors (Lipinski definition) is 2. The SMILES string of the molecule is CCc1ccc(C2=CN(C)C(C)C=C2)s1. The molecule has 1 unspecified atom stereocenters. The van der Waals surface area contributed by atoms with E-state index in [1.807, 2.05) is 11.3 Å². The standard InChI is InChI=1S/C13H17NS/c1-4-12-7-8-13(15-12)11-6-5-10(2)14(3)9-11/h5-10H,4H2,1-3H3. The third-order valence-corrected chi connectivity index (χ3v) is 4.11. The number of thiophene rings is 1. The second-order valence-electron chi connectivity index (χ2n) is 3.97. The van der Waals surface area contributed by atoms with Crippen molar-refractivity contribution in [2.75, 3.05) is 7.05 Å². The van der Waals surface area contributed by atoms with Gasteiger partial charge >= 0.3 is 0 Å². The lowest BCUT2D eigenvalue weighted by Crippen LogP contribution is -2.23. The second kappa shape index (κ2) is 4.23. The molecule has 2 heterocycles. The molecular weight excluding hydrogens is 202 g/mol. The van der Waals surface area contributed by atoms with Crippen LogP contribution in [0.4, 0.5) is 0 Å². The van der Waals surface area contributed by atoms with Gasteiger partial charge in [0.05, 0.1) is 0 Å². The quantitative estimate of drug-likeness (QED) is 0.735. The van der Waals surface area contributed by atoms with Crippen molar-refractivity contribution in [2.45, 2.75) is 26.3 Å². The largest absolute Gasteiger partial charge is 0.374 e. The molecule has 2 rings (SSSR count). The molecule has 0 fully saturated rings. The van der Waals surface area contributed by atoms with E-state index in [0.717, 1.165) is 6.42 Å². The molecule has 0 saturated heterocycles. The predicted octanol–water partition coefficient (Wildman–Crippen LogP) is 3.54. The molecule has 0 bridgehead atoms. The van der Waals surface area contributed by atoms with Gasteiger partial charge in [-0.1, -0.05) is 19.1 Å². The van der Waals surface area contributed by atoms with E-state index in [1.165, 1.54) is 15.3 Å². The minimum atomic E-state index is 0.513. The van der Waals surface area contributed by atoms with E-state index >= 15 is 0 Å². The Hall–Kier alpha value is -1.02. The summed E-state index contributed by atoms with van der Waals surface area (Å²) in [6.45, 7) is 4.41. The smallest absolute Gasteiger partial charge is 0.0439 e. The van der Waals surface area contributed by atoms with Crippen LogP contribution in [-0.4, -0.2) is 18.0 Å². The molecule has 0 saturated carbocycles. The van der Waals surface area contributed by atoms with Gasteiger partial charge < -0.3 is 4.90 Å². The molecule has 0 amide bonds. The fraction of sp³-hybridized carbons (Fsp3) is 0.385. The zero-order chi connectivity index (χ0) is 10.8. The van der Waals surface area contributed by atoms with Crippen molar-refractivity contribution in [2.24, 2.45) is 0 Å². The average Bonchev–Trinajstić information content (AvgIpc) is 2.70. The number of allylic oxidation sites excluding steroid dienone is 2. The molecule has 2 heteroatoms. The summed E-state index contributed by atoms with van der Waals surface area (Å²) in [6.07, 6.45) is 7.85. The van der Waals surface area contributed by atoms with Crippen LogP contribution < -0.4 is 0 Å². The van der Waals surface area contributed by atoms with E-state index in [0.29, 0.717) is 6.04 Å². The van der Waals surface area contributed by atoms with Crippen molar-refractivity contribution in [3.63, 3.8) is 0 Å². The summed E-state index contributed by atoms with van der Waals surface area (Å²) in [5.74, 6) is 0. The van der Waals surface area contributed by atoms with Crippen LogP contribution in [0.5, 0.6) is 0 Å². The summed E-state index contributed by atoms with van der Waals surface area (Å²) in [5.41, 5.74) is 1.33. The van der Waals surface area contributed by atoms with Crippen molar-refractivity contribution in [1.29, 1.82) is 0 Å². The highest BCUT2D eigenvalue weighted by atomic mass is 32.1. The van der Waals surface area contributed by atoms with Gasteiger partial charge in [0, 0.05) is 34.6 Å². The van der Waals surface area contributed by atoms with Crippen molar-refractivity contribution >= 4 is 16.9 Å². The Morgan fingerprint density at radius 2 is 2.20 bits per heavy atom. The summed E-state index contributed by atoms with van der Waals surface area (Å²) in [6, 6.07) is 4.97. The second-order valence-corrected chi connectivity index (χ2v) is 5.14. The van der Waals surface area contributed by atoms with Gasteiger partial charge in [-0.25, -0.2) is 0 Å². The predicted molar refractivity (Wildman–Crippen MR) is 68.0 cm³/mol. The zero-order valence-electron chi connectivity index (χ0n) is 9.53. The highest BCUT2D eigenvalue weighted by Gasteiger charge is 2.10. The first kappa shape index (κ1) is 10.5. The van der Waals surface area contributed by atoms with Gasteiger partial charge in [0.25, 0.3) is 0 Å². The van der Waals surface area contributed by atoms with Crippen LogP contribution in [0.1, 0.15) is 23.6 Å². The first-order valence-electron chi connectivity index (χ1n) is 5.41. The lowest BCUT2D eigenvalue weighted by Gasteiger charge is -2.24. The van der Waals surface area contributed by atoms with Crippen molar-refractivity contribution < 1.29 is 0 Å². The Bertz CT molecular complexity index is 400. The van der Waals surface area contributed by atoms with Crippen LogP contribution in [0.2, 0.25) is 0 Å². The van der Waals surface area contributed by atoms with E-state index in [1.54, 1.807) is 0 Å². The molecule has 1 aliphatic rings. The van der Waals surface area contributed by atoms with Gasteiger partial charge in [0.1, 0.15) is 0 Å². The monoisotopic (exact) mass is 219 g/mol. The summed E-state index contributed by atoms with van der Waals surface area (Å²) in [7, 11) is 2.13. The van der Waals surface area contributed by atoms with Crippen LogP contribution in [0, 0.1) is 0 Å². The fourth-order valence-electron chi connectivity index (χ4n) is 1.63. The molecule has 1 atom stereocenters. The number of aryl methyl sites for hydroxylation is 1. The topological polar surface area (TPSA) is 3.24 Å². The molecule has 1 aromatic rings. The Labute approximate surface area is 95.7 Å². The molecule has 0 N–H and O–H groups in total. The third-order valence-electron chi connectivity index (χ3n) is 2.83. The number of hydrogen-bond donors (Lipinski definition) is 0. The Morgan fingerprint density at radius 1 is 1.40 bits per heavy atom. The first-order valence-corrected chi connectivity index (χ1v) is 6.23. The molecule has 1 nitrogen and oxygen atoms in total. The third kappa shape index (κ3) is 2.15. The average molecular weight is 219 g/mol. The van der Waals surface area contributed by atoms with Gasteiger partial charge in [0.2, 0.25) is 0 Å². The van der Waals surface area contributed by atoms with Gasteiger partial charge in [-0.05, 0) is 25.5 Å². The van der Waals surface area contributed by atoms with Crippen LogP contribution in [0.15, 0.2) is 30.5 Å². The van der Waals surface area contributed by atoms with Gasteiger partial charge in [-0.15, -0.1) is 11.3 Å². The molecule has 0 radical (unpaired) electrons. The van der Waals surface area contributed by atoms with E-state index in [2.05, 4.69) is 56.3 Å². The lowest BCUT2D eigenvalue weighted by molar-refractivity contribution is 0.405. The number of rotatable bonds is 2. The van der Waals surface area contributed by atoms with E-state index in [4.69, 9.17) is 0 Å². The van der Waals surface area contributed by atoms with Crippen LogP contribution in [0.25, 0.3) is 5.57 Å². The normalized spacial score (nSPS) is 20.6. The molecule has 0 spiro atoms. The van der Waals surface area contributed by atoms with Crippen molar-refractivity contribution in [1.82, 2.24) is 4.90 Å². The summed E-state index contributed by atoms with van der Waals surface area (Å²) in [5, 5.41) is 0. The molecule has 0 aromatic carbocycles. The van der Waals surface area contributed by atoms with E-state index in [9.17, 15) is 0 Å². The summed E-state index contributed by atoms with van der Waals surface area (Å²) >= 11 is 1.90. The highest BCUT2D eigenvalue weighted by Crippen LogP contribution is 2.28. The molecule has 80 valence electrons. The Kier molecular flexibility index (Phi) is 2.96. The molecular formula is C13H17NS. The maximum absolute atomic E-state index is 2.25. The minimum Gasteiger partial charge on any atom is -0.374 e. The van der Waals surface area contributed by atoms with Gasteiger partial charge in [0.15, 0.2) is 0 Å². The van der Waals surface area contributed by atoms with Crippen LogP contribution in [-0.2, 0) is 6.42 Å². The number of likely N-dealkylation sites (N-methyl/N-ethyl adjacent to an activating group) is 1. The van der Waals surface area contributed by atoms with Crippen LogP contribution in [0.3, 0.4) is 0 Å². The Balaban J connectivity index is 2.25. The maximum atomic E-state index is 2.25. The molecule has 0 aliphatic carbocycles. The zero-order valence-corrected chi connectivity index (χ0v) is 10.3. The van der Waals surface area contributed by atoms with Gasteiger partial charge in [-0.2, -0.15) is 0 Å². The molecule has 1 aromatic heterocycles. The van der Waals surface area contributed by atoms with E-state index in [-0.39, 0.29) is 0 Å². The minimum absolute atomic E-state index is 0.513. The summed E-state index contributed by atoms with van der Waals surface area (Å²) in [4.78, 5) is 5.09. The lowest BCUT2D eigenvalue weighted by atomic mass is 10.1. The van der Waals surface area contributed by atoms with Crippen molar-refractivity contribution in [3.8, 4) is 0 Å². The van der Waals surface area contributed by atoms with Crippen LogP contribution >= 0.6 is 11.3 Å². The summed E-state index contributed by atoms with van der Waals surface area (Å²) < 4.78 is 0. The first-order chi connectivity index (χ1) is 7.20. The molecule has 1 aliphatic heterocycles.